The van der Waals surface area contributed by atoms with Crippen LogP contribution in [0.15, 0.2) is 17.4 Å². The van der Waals surface area contributed by atoms with Crippen LogP contribution in [0.25, 0.3) is 0 Å². The zero-order valence-corrected chi connectivity index (χ0v) is 24.1. The van der Waals surface area contributed by atoms with Crippen molar-refractivity contribution >= 4 is 52.8 Å². The summed E-state index contributed by atoms with van der Waals surface area (Å²) in [5.41, 5.74) is -5.71. The number of ketones is 1. The van der Waals surface area contributed by atoms with E-state index >= 15 is 8.78 Å². The normalized spacial score (nSPS) is 26.0. The van der Waals surface area contributed by atoms with Gasteiger partial charge < -0.3 is 15.4 Å². The molecule has 0 saturated heterocycles. The van der Waals surface area contributed by atoms with Crippen molar-refractivity contribution in [2.24, 2.45) is 21.7 Å². The predicted molar refractivity (Wildman–Crippen MR) is 144 cm³/mol. The van der Waals surface area contributed by atoms with Crippen molar-refractivity contribution in [2.75, 3.05) is 13.1 Å². The number of aliphatic carboxylic acids is 1. The number of pyridine rings is 1. The minimum atomic E-state index is -4.74. The molecule has 2 bridgehead atoms. The van der Waals surface area contributed by atoms with Crippen molar-refractivity contribution in [3.05, 3.63) is 28.0 Å². The molecule has 4 aliphatic rings. The van der Waals surface area contributed by atoms with Gasteiger partial charge in [0.15, 0.2) is 5.78 Å². The number of Topliss-reactive ketones (excluding diaryl/α,β-unsaturated/α-hetero) is 1. The highest BCUT2D eigenvalue weighted by molar-refractivity contribution is 6.39. The second-order valence-corrected chi connectivity index (χ2v) is 12.5. The molecule has 1 aromatic rings. The van der Waals surface area contributed by atoms with E-state index in [0.29, 0.717) is 18.0 Å². The second kappa shape index (κ2) is 11.1. The van der Waals surface area contributed by atoms with Crippen LogP contribution in [-0.2, 0) is 9.59 Å². The van der Waals surface area contributed by atoms with E-state index in [4.69, 9.17) is 28.6 Å². The summed E-state index contributed by atoms with van der Waals surface area (Å²) in [6, 6.07) is 0. The number of carboxylic acids is 1. The maximum atomic E-state index is 15.1. The Morgan fingerprint density at radius 2 is 1.57 bits per heavy atom. The van der Waals surface area contributed by atoms with Gasteiger partial charge in [-0.2, -0.15) is 13.2 Å². The van der Waals surface area contributed by atoms with Gasteiger partial charge in [0.25, 0.3) is 5.92 Å². The van der Waals surface area contributed by atoms with E-state index in [1.165, 1.54) is 0 Å². The molecule has 1 aromatic heterocycles. The van der Waals surface area contributed by atoms with Crippen molar-refractivity contribution in [1.29, 1.82) is 5.41 Å². The lowest BCUT2D eigenvalue weighted by Gasteiger charge is -2.49. The minimum Gasteiger partial charge on any atom is -0.481 e. The molecule has 0 radical (unpaired) electrons. The largest absolute Gasteiger partial charge is 0.481 e. The fourth-order valence-corrected chi connectivity index (χ4v) is 6.58. The van der Waals surface area contributed by atoms with Crippen LogP contribution < -0.4 is 0 Å². The van der Waals surface area contributed by atoms with Gasteiger partial charge in [-0.25, -0.2) is 8.78 Å². The molecular formula is C27H29Cl2F5N4O4. The summed E-state index contributed by atoms with van der Waals surface area (Å²) >= 11 is 12.1. The number of halogens is 7. The first-order valence-electron chi connectivity index (χ1n) is 13.3. The molecular weight excluding hydrogens is 610 g/mol. The SMILES string of the molecule is CC(F)(F)C(=NC12CCC(C(=O)O)(CC1)CC2)C(C=N)C(=O)N(CC(=O)c1c(Cl)cncc1Cl)CC1(C(F)(F)F)CC1. The van der Waals surface area contributed by atoms with Gasteiger partial charge in [0.1, 0.15) is 5.92 Å². The first-order valence-corrected chi connectivity index (χ1v) is 14.0. The van der Waals surface area contributed by atoms with Gasteiger partial charge in [-0.05, 0) is 51.4 Å². The van der Waals surface area contributed by atoms with Crippen LogP contribution in [0.2, 0.25) is 10.0 Å². The van der Waals surface area contributed by atoms with E-state index in [2.05, 4.69) is 9.98 Å². The summed E-state index contributed by atoms with van der Waals surface area (Å²) in [4.78, 5) is 47.3. The Labute approximate surface area is 248 Å². The minimum absolute atomic E-state index is 0.163. The number of alkyl halides is 5. The Kier molecular flexibility index (Phi) is 8.53. The van der Waals surface area contributed by atoms with Crippen molar-refractivity contribution in [3.63, 3.8) is 0 Å². The lowest BCUT2D eigenvalue weighted by atomic mass is 9.57. The third kappa shape index (κ3) is 6.04. The smallest absolute Gasteiger partial charge is 0.396 e. The Morgan fingerprint density at radius 1 is 1.05 bits per heavy atom. The maximum absolute atomic E-state index is 15.1. The highest BCUT2D eigenvalue weighted by Gasteiger charge is 2.64. The van der Waals surface area contributed by atoms with Crippen molar-refractivity contribution in [1.82, 2.24) is 9.88 Å². The summed E-state index contributed by atoms with van der Waals surface area (Å²) in [6.07, 6.45) is -1.78. The Hall–Kier alpha value is -2.67. The number of nitrogens with zero attached hydrogens (tertiary/aromatic N) is 3. The van der Waals surface area contributed by atoms with E-state index in [1.54, 1.807) is 0 Å². The summed E-state index contributed by atoms with van der Waals surface area (Å²) in [6.45, 7) is -1.50. The van der Waals surface area contributed by atoms with Crippen LogP contribution in [-0.4, -0.2) is 75.3 Å². The van der Waals surface area contributed by atoms with Gasteiger partial charge in [-0.1, -0.05) is 23.2 Å². The molecule has 8 nitrogen and oxygen atoms in total. The first kappa shape index (κ1) is 32.2. The number of aromatic nitrogens is 1. The number of fused-ring (bicyclic) bond motifs is 3. The third-order valence-electron chi connectivity index (χ3n) is 8.92. The monoisotopic (exact) mass is 638 g/mol. The number of carbonyl (C=O) groups is 3. The standard InChI is InChI=1S/C27H29Cl2F5N4O4/c1-23(30,31)20(37-26-7-2-24(3-8-26,4-9-26)22(41)42)15(10-35)21(40)38(14-25(5-6-25)27(32,33)34)13-18(39)19-16(28)11-36-12-17(19)29/h10-12,15,35H,2-9,13-14H2,1H3,(H,41,42). The van der Waals surface area contributed by atoms with Gasteiger partial charge in [0.05, 0.1) is 44.2 Å². The maximum Gasteiger partial charge on any atom is 0.396 e. The van der Waals surface area contributed by atoms with Crippen molar-refractivity contribution < 1.29 is 41.4 Å². The number of nitrogens with one attached hydrogen (secondary N) is 1. The number of amides is 1. The van der Waals surface area contributed by atoms with Crippen LogP contribution in [0.4, 0.5) is 22.0 Å². The van der Waals surface area contributed by atoms with Gasteiger partial charge in [0.2, 0.25) is 5.91 Å². The fraction of sp³-hybridized carbons (Fsp3) is 0.630. The lowest BCUT2D eigenvalue weighted by Crippen LogP contribution is -2.52. The van der Waals surface area contributed by atoms with E-state index in [0.717, 1.165) is 12.4 Å². The van der Waals surface area contributed by atoms with Crippen LogP contribution in [0, 0.1) is 22.2 Å². The molecule has 0 aromatic carbocycles. The second-order valence-electron chi connectivity index (χ2n) is 11.7. The summed E-state index contributed by atoms with van der Waals surface area (Å²) < 4.78 is 72.0. The molecule has 1 heterocycles. The average Bonchev–Trinajstić information content (AvgIpc) is 3.69. The molecule has 1 amide bonds. The molecule has 1 atom stereocenters. The number of carboxylic acid groups (broad SMARTS) is 1. The first-order chi connectivity index (χ1) is 19.4. The molecule has 4 saturated carbocycles. The zero-order valence-electron chi connectivity index (χ0n) is 22.5. The molecule has 0 aliphatic heterocycles. The number of aliphatic imine (C=N–C) groups is 1. The fourth-order valence-electron chi connectivity index (χ4n) is 6.00. The number of hydrogen-bond donors (Lipinski definition) is 2. The van der Waals surface area contributed by atoms with Crippen LogP contribution in [0.5, 0.6) is 0 Å². The zero-order chi connectivity index (χ0) is 31.3. The van der Waals surface area contributed by atoms with Gasteiger partial charge in [-0.3, -0.25) is 24.4 Å². The average molecular weight is 639 g/mol. The van der Waals surface area contributed by atoms with Crippen molar-refractivity contribution in [3.8, 4) is 0 Å². The Morgan fingerprint density at radius 3 is 1.98 bits per heavy atom. The molecule has 4 aliphatic carbocycles. The molecule has 4 fully saturated rings. The highest BCUT2D eigenvalue weighted by Crippen LogP contribution is 2.58. The number of rotatable bonds is 11. The topological polar surface area (TPSA) is 124 Å². The summed E-state index contributed by atoms with van der Waals surface area (Å²) in [5.74, 6) is -9.07. The van der Waals surface area contributed by atoms with Crippen molar-refractivity contribution in [2.45, 2.75) is 75.9 Å². The molecule has 15 heteroatoms. The van der Waals surface area contributed by atoms with Crippen LogP contribution in [0.1, 0.15) is 68.6 Å². The summed E-state index contributed by atoms with van der Waals surface area (Å²) in [7, 11) is 0. The molecule has 1 unspecified atom stereocenters. The predicted octanol–water partition coefficient (Wildman–Crippen LogP) is 6.28. The molecule has 42 heavy (non-hydrogen) atoms. The Balaban J connectivity index is 1.71. The quantitative estimate of drug-likeness (QED) is 0.168. The van der Waals surface area contributed by atoms with Crippen LogP contribution >= 0.6 is 23.2 Å². The van der Waals surface area contributed by atoms with Gasteiger partial charge in [-0.15, -0.1) is 0 Å². The number of carbonyl (C=O) groups excluding carboxylic acids is 2. The molecule has 5 rings (SSSR count). The lowest BCUT2D eigenvalue weighted by molar-refractivity contribution is -0.192. The van der Waals surface area contributed by atoms with E-state index in [9.17, 15) is 32.7 Å². The van der Waals surface area contributed by atoms with Gasteiger partial charge >= 0.3 is 12.1 Å². The number of hydrogen-bond acceptors (Lipinski definition) is 6. The van der Waals surface area contributed by atoms with E-state index < -0.39 is 70.8 Å². The third-order valence-corrected chi connectivity index (χ3v) is 9.50. The van der Waals surface area contributed by atoms with Crippen LogP contribution in [0.3, 0.4) is 0 Å². The molecule has 2 N–H and O–H groups in total. The highest BCUT2D eigenvalue weighted by atomic mass is 35.5. The Bertz CT molecular complexity index is 1280. The molecule has 0 spiro atoms. The van der Waals surface area contributed by atoms with E-state index in [-0.39, 0.29) is 67.0 Å². The molecule has 230 valence electrons. The summed E-state index contributed by atoms with van der Waals surface area (Å²) in [5, 5.41) is 17.1. The van der Waals surface area contributed by atoms with E-state index in [1.807, 2.05) is 0 Å². The van der Waals surface area contributed by atoms with Gasteiger partial charge in [0, 0.05) is 32.1 Å².